The van der Waals surface area contributed by atoms with E-state index in [0.29, 0.717) is 0 Å². The molecule has 0 aliphatic carbocycles. The Balaban J connectivity index is 3.02. The molecule has 1 aromatic heterocycles. The highest BCUT2D eigenvalue weighted by atomic mass is 16.6. The van der Waals surface area contributed by atoms with E-state index in [2.05, 4.69) is 15.3 Å². The minimum Gasteiger partial charge on any atom is -0.395 e. The van der Waals surface area contributed by atoms with Gasteiger partial charge in [-0.2, -0.15) is 0 Å². The molecular weight excluding hydrogens is 190 g/mol. The van der Waals surface area contributed by atoms with Gasteiger partial charge in [-0.3, -0.25) is 10.1 Å². The molecular formula is C6H9N5O3. The molecule has 0 fully saturated rings. The van der Waals surface area contributed by atoms with Crippen LogP contribution in [0.1, 0.15) is 0 Å². The maximum Gasteiger partial charge on any atom is 0.352 e. The average Bonchev–Trinajstić information content (AvgIpc) is 2.14. The van der Waals surface area contributed by atoms with Crippen LogP contribution in [0.25, 0.3) is 0 Å². The maximum atomic E-state index is 10.5. The van der Waals surface area contributed by atoms with E-state index in [0.717, 1.165) is 6.33 Å². The molecule has 0 amide bonds. The molecule has 8 nitrogen and oxygen atoms in total. The van der Waals surface area contributed by atoms with E-state index < -0.39 is 4.92 Å². The van der Waals surface area contributed by atoms with Crippen LogP contribution in [-0.2, 0) is 0 Å². The SMILES string of the molecule is Nc1ncnc(NCCO)c1[N+](=O)[O-]. The Kier molecular flexibility index (Phi) is 3.13. The standard InChI is InChI=1S/C6H9N5O3/c7-5-4(11(13)14)6(8-1-2-12)10-3-9-5/h3,12H,1-2H2,(H3,7,8,9,10). The zero-order valence-electron chi connectivity index (χ0n) is 7.17. The first-order valence-corrected chi connectivity index (χ1v) is 3.76. The molecule has 0 atom stereocenters. The summed E-state index contributed by atoms with van der Waals surface area (Å²) in [5.41, 5.74) is 4.92. The van der Waals surface area contributed by atoms with Crippen molar-refractivity contribution >= 4 is 17.3 Å². The van der Waals surface area contributed by atoms with Crippen LogP contribution in [0.5, 0.6) is 0 Å². The minimum absolute atomic E-state index is 0.0107. The van der Waals surface area contributed by atoms with Crippen LogP contribution in [0.2, 0.25) is 0 Å². The third kappa shape index (κ3) is 2.04. The van der Waals surface area contributed by atoms with Gasteiger partial charge in [-0.25, -0.2) is 9.97 Å². The number of rotatable bonds is 4. The summed E-state index contributed by atoms with van der Waals surface area (Å²) in [6.45, 7) is 0.0123. The first-order valence-electron chi connectivity index (χ1n) is 3.76. The molecule has 14 heavy (non-hydrogen) atoms. The number of aliphatic hydroxyl groups is 1. The second-order valence-corrected chi connectivity index (χ2v) is 2.36. The van der Waals surface area contributed by atoms with E-state index in [9.17, 15) is 10.1 Å². The summed E-state index contributed by atoms with van der Waals surface area (Å²) in [5.74, 6) is -0.193. The van der Waals surface area contributed by atoms with Gasteiger partial charge >= 0.3 is 5.69 Å². The fourth-order valence-corrected chi connectivity index (χ4v) is 0.876. The van der Waals surface area contributed by atoms with Crippen LogP contribution in [0.4, 0.5) is 17.3 Å². The number of hydrogen-bond acceptors (Lipinski definition) is 7. The number of hydrogen-bond donors (Lipinski definition) is 3. The Morgan fingerprint density at radius 2 is 2.36 bits per heavy atom. The zero-order chi connectivity index (χ0) is 10.6. The predicted molar refractivity (Wildman–Crippen MR) is 48.7 cm³/mol. The van der Waals surface area contributed by atoms with Crippen LogP contribution in [0.15, 0.2) is 6.33 Å². The molecule has 8 heteroatoms. The molecule has 0 bridgehead atoms. The number of nitro groups is 1. The summed E-state index contributed by atoms with van der Waals surface area (Å²) >= 11 is 0. The Labute approximate surface area is 78.9 Å². The second kappa shape index (κ2) is 4.33. The van der Waals surface area contributed by atoms with Crippen molar-refractivity contribution in [1.82, 2.24) is 9.97 Å². The van der Waals surface area contributed by atoms with Crippen LogP contribution < -0.4 is 11.1 Å². The Morgan fingerprint density at radius 1 is 1.64 bits per heavy atom. The van der Waals surface area contributed by atoms with Gasteiger partial charge in [0.25, 0.3) is 0 Å². The summed E-state index contributed by atoms with van der Waals surface area (Å²) in [7, 11) is 0. The van der Waals surface area contributed by atoms with Crippen molar-refractivity contribution in [3.63, 3.8) is 0 Å². The highest BCUT2D eigenvalue weighted by Gasteiger charge is 2.19. The fourth-order valence-electron chi connectivity index (χ4n) is 0.876. The average molecular weight is 199 g/mol. The van der Waals surface area contributed by atoms with Gasteiger partial charge in [-0.1, -0.05) is 0 Å². The van der Waals surface area contributed by atoms with Crippen molar-refractivity contribution in [2.45, 2.75) is 0 Å². The molecule has 0 aliphatic heterocycles. The van der Waals surface area contributed by atoms with Crippen molar-refractivity contribution in [2.75, 3.05) is 24.2 Å². The Bertz CT molecular complexity index is 342. The molecule has 0 saturated heterocycles. The Hall–Kier alpha value is -1.96. The molecule has 1 rings (SSSR count). The molecule has 1 heterocycles. The number of aromatic nitrogens is 2. The van der Waals surface area contributed by atoms with Gasteiger partial charge in [0.05, 0.1) is 11.5 Å². The van der Waals surface area contributed by atoms with Gasteiger partial charge in [-0.15, -0.1) is 0 Å². The molecule has 0 spiro atoms. The molecule has 0 aliphatic rings. The van der Waals surface area contributed by atoms with Crippen LogP contribution in [-0.4, -0.2) is 33.1 Å². The molecule has 0 saturated carbocycles. The number of anilines is 2. The zero-order valence-corrected chi connectivity index (χ0v) is 7.17. The minimum atomic E-state index is -0.672. The van der Waals surface area contributed by atoms with Gasteiger partial charge in [0, 0.05) is 6.54 Å². The van der Waals surface area contributed by atoms with Crippen molar-refractivity contribution in [3.8, 4) is 0 Å². The quantitative estimate of drug-likeness (QED) is 0.435. The van der Waals surface area contributed by atoms with Gasteiger partial charge in [0.1, 0.15) is 6.33 Å². The lowest BCUT2D eigenvalue weighted by Crippen LogP contribution is -2.11. The molecule has 0 aromatic carbocycles. The lowest BCUT2D eigenvalue weighted by atomic mass is 10.4. The molecule has 0 radical (unpaired) electrons. The normalized spacial score (nSPS) is 9.79. The first kappa shape index (κ1) is 10.1. The van der Waals surface area contributed by atoms with Crippen LogP contribution >= 0.6 is 0 Å². The van der Waals surface area contributed by atoms with E-state index in [-0.39, 0.29) is 30.5 Å². The molecule has 1 aromatic rings. The van der Waals surface area contributed by atoms with Crippen LogP contribution in [0, 0.1) is 10.1 Å². The number of aliphatic hydroxyl groups excluding tert-OH is 1. The molecule has 0 unspecified atom stereocenters. The fraction of sp³-hybridized carbons (Fsp3) is 0.333. The predicted octanol–water partition coefficient (Wildman–Crippen LogP) is -0.629. The van der Waals surface area contributed by atoms with E-state index in [4.69, 9.17) is 10.8 Å². The van der Waals surface area contributed by atoms with E-state index in [1.165, 1.54) is 0 Å². The van der Waals surface area contributed by atoms with Gasteiger partial charge in [0.15, 0.2) is 0 Å². The van der Waals surface area contributed by atoms with Gasteiger partial charge < -0.3 is 16.2 Å². The highest BCUT2D eigenvalue weighted by molar-refractivity contribution is 5.67. The first-order chi connectivity index (χ1) is 6.66. The third-order valence-electron chi connectivity index (χ3n) is 1.44. The lowest BCUT2D eigenvalue weighted by Gasteiger charge is -2.04. The van der Waals surface area contributed by atoms with E-state index in [1.807, 2.05) is 0 Å². The van der Waals surface area contributed by atoms with Gasteiger partial charge in [0.2, 0.25) is 11.6 Å². The monoisotopic (exact) mass is 199 g/mol. The lowest BCUT2D eigenvalue weighted by molar-refractivity contribution is -0.383. The second-order valence-electron chi connectivity index (χ2n) is 2.36. The number of nitrogen functional groups attached to an aromatic ring is 1. The summed E-state index contributed by atoms with van der Waals surface area (Å²) in [5, 5.41) is 21.6. The topological polar surface area (TPSA) is 127 Å². The summed E-state index contributed by atoms with van der Waals surface area (Å²) in [4.78, 5) is 17.0. The van der Waals surface area contributed by atoms with Crippen molar-refractivity contribution in [2.24, 2.45) is 0 Å². The largest absolute Gasteiger partial charge is 0.395 e. The highest BCUT2D eigenvalue weighted by Crippen LogP contribution is 2.25. The smallest absolute Gasteiger partial charge is 0.352 e. The summed E-state index contributed by atoms with van der Waals surface area (Å²) in [6.07, 6.45) is 1.11. The van der Waals surface area contributed by atoms with Gasteiger partial charge in [-0.05, 0) is 0 Å². The number of nitrogens with one attached hydrogen (secondary N) is 1. The van der Waals surface area contributed by atoms with E-state index in [1.54, 1.807) is 0 Å². The van der Waals surface area contributed by atoms with Crippen molar-refractivity contribution < 1.29 is 10.0 Å². The van der Waals surface area contributed by atoms with Crippen molar-refractivity contribution in [3.05, 3.63) is 16.4 Å². The number of nitrogens with two attached hydrogens (primary N) is 1. The van der Waals surface area contributed by atoms with E-state index >= 15 is 0 Å². The van der Waals surface area contributed by atoms with Crippen LogP contribution in [0.3, 0.4) is 0 Å². The third-order valence-corrected chi connectivity index (χ3v) is 1.44. The Morgan fingerprint density at radius 3 is 2.93 bits per heavy atom. The maximum absolute atomic E-state index is 10.5. The summed E-state index contributed by atoms with van der Waals surface area (Å²) < 4.78 is 0. The number of nitrogens with zero attached hydrogens (tertiary/aromatic N) is 3. The molecule has 4 N–H and O–H groups in total. The summed E-state index contributed by atoms with van der Waals surface area (Å²) in [6, 6.07) is 0. The molecule has 76 valence electrons. The van der Waals surface area contributed by atoms with Crippen molar-refractivity contribution in [1.29, 1.82) is 0 Å².